The molecule has 31 heavy (non-hydrogen) atoms. The molecule has 0 fully saturated rings. The van der Waals surface area contributed by atoms with Crippen LogP contribution in [0.1, 0.15) is 11.1 Å². The first kappa shape index (κ1) is 23.4. The quantitative estimate of drug-likeness (QED) is 0.241. The molecule has 1 N–H and O–H groups in total. The Morgan fingerprint density at radius 2 is 1.77 bits per heavy atom. The van der Waals surface area contributed by atoms with Gasteiger partial charge in [-0.15, -0.1) is 0 Å². The van der Waals surface area contributed by atoms with E-state index in [4.69, 9.17) is 27.9 Å². The second kappa shape index (κ2) is 10.8. The number of anilines is 1. The molecule has 1 amide bonds. The van der Waals surface area contributed by atoms with Gasteiger partial charge in [-0.2, -0.15) is 5.26 Å². The van der Waals surface area contributed by atoms with Crippen LogP contribution in [0.4, 0.5) is 5.69 Å². The molecule has 0 unspecified atom stereocenters. The zero-order chi connectivity index (χ0) is 22.4. The highest BCUT2D eigenvalue weighted by Crippen LogP contribution is 2.36. The number of nitrogens with one attached hydrogen (secondary N) is 1. The number of nitrogens with zero attached hydrogens (tertiary/aromatic N) is 1. The maximum Gasteiger partial charge on any atom is 0.266 e. The molecule has 0 aromatic heterocycles. The van der Waals surface area contributed by atoms with Crippen LogP contribution in [0, 0.1) is 11.3 Å². The first-order valence-electron chi connectivity index (χ1n) is 8.91. The molecule has 0 aliphatic carbocycles. The average molecular weight is 581 g/mol. The lowest BCUT2D eigenvalue weighted by Gasteiger charge is -2.12. The molecular weight excluding hydrogens is 567 g/mol. The van der Waals surface area contributed by atoms with Crippen molar-refractivity contribution in [2.24, 2.45) is 0 Å². The SMILES string of the molecule is N#C/C(=C/c1cc(Cl)c(OCc2ccccc2Cl)c(Br)c1)C(=O)Nc1ccc(Br)cc1. The van der Waals surface area contributed by atoms with Crippen LogP contribution in [0.15, 0.2) is 75.2 Å². The molecule has 3 aromatic rings. The number of amides is 1. The van der Waals surface area contributed by atoms with E-state index >= 15 is 0 Å². The number of hydrogen-bond donors (Lipinski definition) is 1. The summed E-state index contributed by atoms with van der Waals surface area (Å²) in [5.74, 6) is -0.0762. The Labute approximate surface area is 206 Å². The molecule has 3 aromatic carbocycles. The summed E-state index contributed by atoms with van der Waals surface area (Å²) in [5.41, 5.74) is 1.92. The summed E-state index contributed by atoms with van der Waals surface area (Å²) in [5, 5.41) is 13.1. The summed E-state index contributed by atoms with van der Waals surface area (Å²) in [7, 11) is 0. The van der Waals surface area contributed by atoms with Crippen LogP contribution in [-0.4, -0.2) is 5.91 Å². The second-order valence-electron chi connectivity index (χ2n) is 6.32. The number of halogens is 4. The Kier molecular flexibility index (Phi) is 8.16. The third kappa shape index (κ3) is 6.34. The number of rotatable bonds is 6. The molecule has 0 aliphatic rings. The van der Waals surface area contributed by atoms with E-state index in [1.54, 1.807) is 42.5 Å². The molecule has 4 nitrogen and oxygen atoms in total. The van der Waals surface area contributed by atoms with E-state index in [0.29, 0.717) is 31.5 Å². The normalized spacial score (nSPS) is 11.0. The predicted octanol–water partition coefficient (Wildman–Crippen LogP) is 7.64. The van der Waals surface area contributed by atoms with Crippen molar-refractivity contribution in [2.75, 3.05) is 5.32 Å². The Balaban J connectivity index is 1.77. The van der Waals surface area contributed by atoms with Gasteiger partial charge < -0.3 is 10.1 Å². The summed E-state index contributed by atoms with van der Waals surface area (Å²) < 4.78 is 7.30. The second-order valence-corrected chi connectivity index (χ2v) is 8.91. The van der Waals surface area contributed by atoms with Gasteiger partial charge in [0.2, 0.25) is 0 Å². The number of benzene rings is 3. The summed E-state index contributed by atoms with van der Waals surface area (Å²) in [6.07, 6.45) is 1.46. The molecule has 8 heteroatoms. The van der Waals surface area contributed by atoms with Crippen molar-refractivity contribution in [3.8, 4) is 11.8 Å². The van der Waals surface area contributed by atoms with Crippen LogP contribution in [0.2, 0.25) is 10.0 Å². The van der Waals surface area contributed by atoms with Gasteiger partial charge in [-0.25, -0.2) is 0 Å². The van der Waals surface area contributed by atoms with Crippen LogP contribution < -0.4 is 10.1 Å². The number of nitriles is 1. The lowest BCUT2D eigenvalue weighted by molar-refractivity contribution is -0.112. The Hall–Kier alpha value is -2.30. The number of carbonyl (C=O) groups excluding carboxylic acids is 1. The van der Waals surface area contributed by atoms with Crippen LogP contribution in [0.3, 0.4) is 0 Å². The Morgan fingerprint density at radius 3 is 2.42 bits per heavy atom. The van der Waals surface area contributed by atoms with Crippen molar-refractivity contribution in [3.05, 3.63) is 96.4 Å². The number of hydrogen-bond acceptors (Lipinski definition) is 3. The topological polar surface area (TPSA) is 62.1 Å². The smallest absolute Gasteiger partial charge is 0.266 e. The third-order valence-electron chi connectivity index (χ3n) is 4.13. The van der Waals surface area contributed by atoms with Gasteiger partial charge in [0.05, 0.1) is 9.50 Å². The zero-order valence-corrected chi connectivity index (χ0v) is 20.5. The van der Waals surface area contributed by atoms with E-state index in [0.717, 1.165) is 10.0 Å². The molecular formula is C23H14Br2Cl2N2O2. The minimum absolute atomic E-state index is 0.0596. The summed E-state index contributed by atoms with van der Waals surface area (Å²) in [4.78, 5) is 12.5. The van der Waals surface area contributed by atoms with Crippen molar-refractivity contribution in [1.82, 2.24) is 0 Å². The minimum Gasteiger partial charge on any atom is -0.486 e. The first-order valence-corrected chi connectivity index (χ1v) is 11.3. The van der Waals surface area contributed by atoms with Crippen molar-refractivity contribution >= 4 is 72.7 Å². The van der Waals surface area contributed by atoms with Crippen molar-refractivity contribution in [2.45, 2.75) is 6.61 Å². The van der Waals surface area contributed by atoms with Gasteiger partial charge in [-0.3, -0.25) is 4.79 Å². The van der Waals surface area contributed by atoms with Gasteiger partial charge in [0.1, 0.15) is 18.2 Å². The zero-order valence-electron chi connectivity index (χ0n) is 15.8. The van der Waals surface area contributed by atoms with Crippen LogP contribution in [0.5, 0.6) is 5.75 Å². The lowest BCUT2D eigenvalue weighted by Crippen LogP contribution is -2.13. The molecule has 156 valence electrons. The first-order chi connectivity index (χ1) is 14.9. The van der Waals surface area contributed by atoms with E-state index in [1.807, 2.05) is 24.3 Å². The fraction of sp³-hybridized carbons (Fsp3) is 0.0435. The fourth-order valence-corrected chi connectivity index (χ4v) is 4.06. The largest absolute Gasteiger partial charge is 0.486 e. The molecule has 0 aliphatic heterocycles. The Morgan fingerprint density at radius 1 is 1.06 bits per heavy atom. The van der Waals surface area contributed by atoms with Gasteiger partial charge in [-0.05, 0) is 70.0 Å². The monoisotopic (exact) mass is 578 g/mol. The molecule has 0 radical (unpaired) electrons. The van der Waals surface area contributed by atoms with Crippen molar-refractivity contribution in [3.63, 3.8) is 0 Å². The van der Waals surface area contributed by atoms with Crippen molar-refractivity contribution < 1.29 is 9.53 Å². The highest BCUT2D eigenvalue weighted by molar-refractivity contribution is 9.10. The van der Waals surface area contributed by atoms with Gasteiger partial charge in [-0.1, -0.05) is 57.3 Å². The summed E-state index contributed by atoms with van der Waals surface area (Å²) in [6.45, 7) is 0.242. The molecule has 0 atom stereocenters. The standard InChI is InChI=1S/C23H14Br2Cl2N2O2/c24-17-5-7-18(8-6-17)29-23(30)16(12-28)9-14-10-19(25)22(21(27)11-14)31-13-15-3-1-2-4-20(15)26/h1-11H,13H2,(H,29,30)/b16-9-. The lowest BCUT2D eigenvalue weighted by atomic mass is 10.1. The third-order valence-corrected chi connectivity index (χ3v) is 5.90. The maximum atomic E-state index is 12.5. The van der Waals surface area contributed by atoms with Crippen LogP contribution in [0.25, 0.3) is 6.08 Å². The summed E-state index contributed by atoms with van der Waals surface area (Å²) >= 11 is 19.3. The summed E-state index contributed by atoms with van der Waals surface area (Å²) in [6, 6.07) is 19.7. The predicted molar refractivity (Wildman–Crippen MR) is 131 cm³/mol. The Bertz CT molecular complexity index is 1170. The average Bonchev–Trinajstić information content (AvgIpc) is 2.74. The maximum absolute atomic E-state index is 12.5. The molecule has 0 heterocycles. The fourth-order valence-electron chi connectivity index (χ4n) is 2.61. The van der Waals surface area contributed by atoms with Gasteiger partial charge >= 0.3 is 0 Å². The van der Waals surface area contributed by atoms with Gasteiger partial charge in [0, 0.05) is 20.7 Å². The molecule has 0 bridgehead atoms. The minimum atomic E-state index is -0.517. The highest BCUT2D eigenvalue weighted by Gasteiger charge is 2.13. The van der Waals surface area contributed by atoms with E-state index < -0.39 is 5.91 Å². The molecule has 0 spiro atoms. The number of carbonyl (C=O) groups is 1. The van der Waals surface area contributed by atoms with Gasteiger partial charge in [0.15, 0.2) is 5.75 Å². The van der Waals surface area contributed by atoms with E-state index in [9.17, 15) is 10.1 Å². The number of ether oxygens (including phenoxy) is 1. The van der Waals surface area contributed by atoms with Gasteiger partial charge in [0.25, 0.3) is 5.91 Å². The highest BCUT2D eigenvalue weighted by atomic mass is 79.9. The molecule has 0 saturated heterocycles. The van der Waals surface area contributed by atoms with E-state index in [-0.39, 0.29) is 12.2 Å². The van der Waals surface area contributed by atoms with E-state index in [2.05, 4.69) is 37.2 Å². The molecule has 3 rings (SSSR count). The van der Waals surface area contributed by atoms with Crippen LogP contribution >= 0.6 is 55.1 Å². The van der Waals surface area contributed by atoms with Crippen LogP contribution in [-0.2, 0) is 11.4 Å². The molecule has 0 saturated carbocycles. The van der Waals surface area contributed by atoms with Crippen molar-refractivity contribution in [1.29, 1.82) is 5.26 Å². The van der Waals surface area contributed by atoms with E-state index in [1.165, 1.54) is 6.08 Å².